The molecule has 6 nitrogen and oxygen atoms in total. The second kappa shape index (κ2) is 8.02. The van der Waals surface area contributed by atoms with Gasteiger partial charge in [0.05, 0.1) is 19.1 Å². The number of ether oxygens (including phenoxy) is 1. The Balaban J connectivity index is 2.29. The lowest BCUT2D eigenvalue weighted by Crippen LogP contribution is -2.46. The van der Waals surface area contributed by atoms with Gasteiger partial charge in [-0.2, -0.15) is 0 Å². The van der Waals surface area contributed by atoms with E-state index in [4.69, 9.17) is 4.74 Å². The molecule has 2 aromatic rings. The van der Waals surface area contributed by atoms with Crippen molar-refractivity contribution in [3.63, 3.8) is 0 Å². The molecule has 0 heterocycles. The van der Waals surface area contributed by atoms with Crippen molar-refractivity contribution in [1.29, 1.82) is 0 Å². The zero-order valence-corrected chi connectivity index (χ0v) is 15.3. The number of benzene rings is 2. The fourth-order valence-electron chi connectivity index (χ4n) is 2.54. The van der Waals surface area contributed by atoms with E-state index in [1.54, 1.807) is 68.6 Å². The maximum Gasteiger partial charge on any atom is 0.248 e. The van der Waals surface area contributed by atoms with Crippen LogP contribution in [0.1, 0.15) is 13.3 Å². The minimum Gasteiger partial charge on any atom is -0.497 e. The smallest absolute Gasteiger partial charge is 0.248 e. The number of nitrogens with one attached hydrogen (secondary N) is 1. The number of hydrogen-bond donors (Lipinski definition) is 1. The van der Waals surface area contributed by atoms with Crippen LogP contribution in [-0.2, 0) is 14.8 Å². The first-order valence-electron chi connectivity index (χ1n) is 7.86. The maximum atomic E-state index is 12.7. The van der Waals surface area contributed by atoms with Gasteiger partial charge in [-0.05, 0) is 42.8 Å². The SMILES string of the molecule is CC[C@H](C(=O)Nc1ccc(OC)cc1)N(c1ccccc1)S(C)(=O)=O. The third-order valence-electron chi connectivity index (χ3n) is 3.70. The van der Waals surface area contributed by atoms with E-state index in [0.29, 0.717) is 23.5 Å². The molecule has 0 radical (unpaired) electrons. The number of nitrogens with zero attached hydrogens (tertiary/aromatic N) is 1. The van der Waals surface area contributed by atoms with Crippen LogP contribution in [0.5, 0.6) is 5.75 Å². The third-order valence-corrected chi connectivity index (χ3v) is 4.88. The predicted molar refractivity (Wildman–Crippen MR) is 99.5 cm³/mol. The number of carbonyl (C=O) groups is 1. The topological polar surface area (TPSA) is 75.7 Å². The number of amides is 1. The molecule has 7 heteroatoms. The summed E-state index contributed by atoms with van der Waals surface area (Å²) in [6, 6.07) is 14.6. The minimum absolute atomic E-state index is 0.337. The number of anilines is 2. The second-order valence-corrected chi connectivity index (χ2v) is 7.40. The molecule has 0 spiro atoms. The zero-order valence-electron chi connectivity index (χ0n) is 14.5. The van der Waals surface area contributed by atoms with E-state index in [-0.39, 0.29) is 5.91 Å². The van der Waals surface area contributed by atoms with Crippen LogP contribution in [0.15, 0.2) is 54.6 Å². The molecule has 2 aromatic carbocycles. The highest BCUT2D eigenvalue weighted by Crippen LogP contribution is 2.23. The molecule has 0 aromatic heterocycles. The molecular formula is C18H22N2O4S. The van der Waals surface area contributed by atoms with Gasteiger partial charge in [0.1, 0.15) is 11.8 Å². The highest BCUT2D eigenvalue weighted by atomic mass is 32.2. The Kier molecular flexibility index (Phi) is 6.03. The van der Waals surface area contributed by atoms with Crippen LogP contribution in [0, 0.1) is 0 Å². The molecule has 134 valence electrons. The summed E-state index contributed by atoms with van der Waals surface area (Å²) < 4.78 is 30.8. The Labute approximate surface area is 148 Å². The molecule has 1 N–H and O–H groups in total. The van der Waals surface area contributed by atoms with Gasteiger partial charge in [-0.15, -0.1) is 0 Å². The van der Waals surface area contributed by atoms with E-state index in [1.807, 2.05) is 0 Å². The van der Waals surface area contributed by atoms with Crippen molar-refractivity contribution in [3.8, 4) is 5.75 Å². The summed E-state index contributed by atoms with van der Waals surface area (Å²) in [7, 11) is -2.06. The largest absolute Gasteiger partial charge is 0.497 e. The molecule has 0 aliphatic heterocycles. The molecule has 2 rings (SSSR count). The quantitative estimate of drug-likeness (QED) is 0.822. The Morgan fingerprint density at radius 2 is 1.72 bits per heavy atom. The number of hydrogen-bond acceptors (Lipinski definition) is 4. The Bertz CT molecular complexity index is 805. The fourth-order valence-corrected chi connectivity index (χ4v) is 3.75. The minimum atomic E-state index is -3.62. The molecular weight excluding hydrogens is 340 g/mol. The Hall–Kier alpha value is -2.54. The molecule has 1 amide bonds. The summed E-state index contributed by atoms with van der Waals surface area (Å²) >= 11 is 0. The maximum absolute atomic E-state index is 12.7. The van der Waals surface area contributed by atoms with Gasteiger partial charge < -0.3 is 10.1 Å². The summed E-state index contributed by atoms with van der Waals surface area (Å²) in [5.41, 5.74) is 1.03. The summed E-state index contributed by atoms with van der Waals surface area (Å²) in [5.74, 6) is 0.286. The molecule has 0 aliphatic carbocycles. The van der Waals surface area contributed by atoms with Crippen molar-refractivity contribution in [1.82, 2.24) is 0 Å². The molecule has 0 unspecified atom stereocenters. The first kappa shape index (κ1) is 18.8. The normalized spacial score (nSPS) is 12.3. The van der Waals surface area contributed by atoms with Crippen LogP contribution in [0.4, 0.5) is 11.4 Å². The first-order valence-corrected chi connectivity index (χ1v) is 9.71. The lowest BCUT2D eigenvalue weighted by Gasteiger charge is -2.30. The van der Waals surface area contributed by atoms with Crippen LogP contribution < -0.4 is 14.4 Å². The van der Waals surface area contributed by atoms with Crippen LogP contribution >= 0.6 is 0 Å². The van der Waals surface area contributed by atoms with Crippen LogP contribution in [-0.4, -0.2) is 33.7 Å². The molecule has 0 bridgehead atoms. The molecule has 0 aliphatic rings. The van der Waals surface area contributed by atoms with E-state index in [1.165, 1.54) is 0 Å². The van der Waals surface area contributed by atoms with Gasteiger partial charge >= 0.3 is 0 Å². The summed E-state index contributed by atoms with van der Waals surface area (Å²) in [6.07, 6.45) is 1.44. The molecule has 0 saturated carbocycles. The van der Waals surface area contributed by atoms with Crippen molar-refractivity contribution < 1.29 is 17.9 Å². The molecule has 0 saturated heterocycles. The van der Waals surface area contributed by atoms with Gasteiger partial charge in [-0.1, -0.05) is 25.1 Å². The number of sulfonamides is 1. The monoisotopic (exact) mass is 362 g/mol. The van der Waals surface area contributed by atoms with Crippen molar-refractivity contribution in [2.24, 2.45) is 0 Å². The number of rotatable bonds is 7. The molecule has 1 atom stereocenters. The molecule has 0 fully saturated rings. The van der Waals surface area contributed by atoms with Crippen LogP contribution in [0.2, 0.25) is 0 Å². The van der Waals surface area contributed by atoms with Crippen LogP contribution in [0.25, 0.3) is 0 Å². The summed E-state index contributed by atoms with van der Waals surface area (Å²) in [4.78, 5) is 12.7. The van der Waals surface area contributed by atoms with E-state index in [2.05, 4.69) is 5.32 Å². The van der Waals surface area contributed by atoms with Gasteiger partial charge in [0.25, 0.3) is 0 Å². The van der Waals surface area contributed by atoms with E-state index in [0.717, 1.165) is 10.6 Å². The van der Waals surface area contributed by atoms with Crippen molar-refractivity contribution in [3.05, 3.63) is 54.6 Å². The lowest BCUT2D eigenvalue weighted by atomic mass is 10.2. The van der Waals surface area contributed by atoms with Crippen LogP contribution in [0.3, 0.4) is 0 Å². The number of para-hydroxylation sites is 1. The van der Waals surface area contributed by atoms with Crippen molar-refractivity contribution in [2.75, 3.05) is 23.0 Å². The predicted octanol–water partition coefficient (Wildman–Crippen LogP) is 2.88. The lowest BCUT2D eigenvalue weighted by molar-refractivity contribution is -0.117. The van der Waals surface area contributed by atoms with E-state index in [9.17, 15) is 13.2 Å². The van der Waals surface area contributed by atoms with E-state index >= 15 is 0 Å². The van der Waals surface area contributed by atoms with Gasteiger partial charge in [0.15, 0.2) is 0 Å². The Morgan fingerprint density at radius 1 is 1.12 bits per heavy atom. The third kappa shape index (κ3) is 4.73. The highest BCUT2D eigenvalue weighted by Gasteiger charge is 2.31. The van der Waals surface area contributed by atoms with Crippen molar-refractivity contribution >= 4 is 27.3 Å². The number of carbonyl (C=O) groups excluding carboxylic acids is 1. The second-order valence-electron chi connectivity index (χ2n) is 5.54. The van der Waals surface area contributed by atoms with Gasteiger partial charge in [-0.25, -0.2) is 8.42 Å². The van der Waals surface area contributed by atoms with E-state index < -0.39 is 16.1 Å². The van der Waals surface area contributed by atoms with Gasteiger partial charge in [0.2, 0.25) is 15.9 Å². The van der Waals surface area contributed by atoms with Gasteiger partial charge in [0, 0.05) is 5.69 Å². The average molecular weight is 362 g/mol. The molecule has 25 heavy (non-hydrogen) atoms. The summed E-state index contributed by atoms with van der Waals surface area (Å²) in [5, 5.41) is 2.77. The Morgan fingerprint density at radius 3 is 2.20 bits per heavy atom. The summed E-state index contributed by atoms with van der Waals surface area (Å²) in [6.45, 7) is 1.78. The average Bonchev–Trinajstić information content (AvgIpc) is 2.59. The van der Waals surface area contributed by atoms with Gasteiger partial charge in [-0.3, -0.25) is 9.10 Å². The van der Waals surface area contributed by atoms with Crippen molar-refractivity contribution in [2.45, 2.75) is 19.4 Å². The number of methoxy groups -OCH3 is 1. The standard InChI is InChI=1S/C18H22N2O4S/c1-4-17(18(21)19-14-10-12-16(24-2)13-11-14)20(25(3,22)23)15-8-6-5-7-9-15/h5-13,17H,4H2,1-3H3,(H,19,21)/t17-/m1/s1. The zero-order chi connectivity index (χ0) is 18.4. The highest BCUT2D eigenvalue weighted by molar-refractivity contribution is 7.92. The first-order chi connectivity index (χ1) is 11.9. The fraction of sp³-hybridized carbons (Fsp3) is 0.278.